The van der Waals surface area contributed by atoms with Gasteiger partial charge in [0.2, 0.25) is 0 Å². The smallest absolute Gasteiger partial charge is 0.335 e. The lowest BCUT2D eigenvalue weighted by molar-refractivity contribution is -0.128. The molecule has 0 aliphatic carbocycles. The van der Waals surface area contributed by atoms with Gasteiger partial charge in [0.15, 0.2) is 0 Å². The lowest BCUT2D eigenvalue weighted by atomic mass is 10.1. The zero-order valence-corrected chi connectivity index (χ0v) is 19.4. The highest BCUT2D eigenvalue weighted by molar-refractivity contribution is 5.85. The highest BCUT2D eigenvalue weighted by Crippen LogP contribution is 2.35. The first-order valence-electron chi connectivity index (χ1n) is 11.2. The summed E-state index contributed by atoms with van der Waals surface area (Å²) in [5, 5.41) is 0. The van der Waals surface area contributed by atoms with Gasteiger partial charge in [0.05, 0.1) is 0 Å². The fourth-order valence-corrected chi connectivity index (χ4v) is 3.62. The zero-order chi connectivity index (χ0) is 23.9. The van der Waals surface area contributed by atoms with Crippen molar-refractivity contribution in [2.45, 2.75) is 13.8 Å². The van der Waals surface area contributed by atoms with Crippen molar-refractivity contribution in [3.63, 3.8) is 0 Å². The number of para-hydroxylation sites is 1. The summed E-state index contributed by atoms with van der Waals surface area (Å²) in [7, 11) is 0. The third-order valence-corrected chi connectivity index (χ3v) is 5.49. The maximum absolute atomic E-state index is 11.6. The number of hydrogen-bond acceptors (Lipinski definition) is 3. The first-order valence-corrected chi connectivity index (χ1v) is 11.2. The molecule has 0 aliphatic rings. The van der Waals surface area contributed by atoms with Crippen molar-refractivity contribution < 1.29 is 9.53 Å². The van der Waals surface area contributed by atoms with E-state index in [0.29, 0.717) is 5.75 Å². The minimum Gasteiger partial charge on any atom is -0.423 e. The van der Waals surface area contributed by atoms with E-state index in [1.807, 2.05) is 30.4 Å². The second-order valence-corrected chi connectivity index (χ2v) is 8.09. The molecule has 0 spiro atoms. The molecule has 0 bridgehead atoms. The fraction of sp³-hybridized carbons (Fsp3) is 0.0645. The van der Waals surface area contributed by atoms with Crippen LogP contribution < -0.4 is 9.64 Å². The molecule has 0 atom stereocenters. The maximum Gasteiger partial charge on any atom is 0.335 e. The summed E-state index contributed by atoms with van der Waals surface area (Å²) in [6.45, 7) is 7.65. The number of benzene rings is 4. The van der Waals surface area contributed by atoms with Gasteiger partial charge in [0, 0.05) is 28.7 Å². The van der Waals surface area contributed by atoms with E-state index in [0.717, 1.165) is 34.3 Å². The molecule has 4 aromatic rings. The van der Waals surface area contributed by atoms with E-state index in [9.17, 15) is 4.79 Å². The van der Waals surface area contributed by atoms with Gasteiger partial charge in [-0.2, -0.15) is 0 Å². The number of aryl methyl sites for hydroxylation is 2. The van der Waals surface area contributed by atoms with Crippen molar-refractivity contribution in [1.82, 2.24) is 0 Å². The van der Waals surface area contributed by atoms with E-state index in [1.165, 1.54) is 11.1 Å². The summed E-state index contributed by atoms with van der Waals surface area (Å²) in [4.78, 5) is 13.9. The van der Waals surface area contributed by atoms with Gasteiger partial charge in [-0.25, -0.2) is 4.79 Å². The van der Waals surface area contributed by atoms with Crippen LogP contribution in [0, 0.1) is 13.8 Å². The molecule has 0 heterocycles. The summed E-state index contributed by atoms with van der Waals surface area (Å²) >= 11 is 0. The SMILES string of the molecule is C=CC(=O)Oc1ccccc1/C=C/c1ccc(N(c2ccc(C)cc2)c2ccc(C)cc2)cc1. The highest BCUT2D eigenvalue weighted by atomic mass is 16.5. The van der Waals surface area contributed by atoms with E-state index in [1.54, 1.807) is 6.07 Å². The summed E-state index contributed by atoms with van der Waals surface area (Å²) in [6, 6.07) is 32.9. The molecule has 0 unspecified atom stereocenters. The average molecular weight is 446 g/mol. The topological polar surface area (TPSA) is 29.5 Å². The Kier molecular flexibility index (Phi) is 7.04. The third kappa shape index (κ3) is 5.51. The molecule has 34 heavy (non-hydrogen) atoms. The fourth-order valence-electron chi connectivity index (χ4n) is 3.62. The van der Waals surface area contributed by atoms with Crippen molar-refractivity contribution in [3.05, 3.63) is 132 Å². The Balaban J connectivity index is 1.62. The number of nitrogens with zero attached hydrogens (tertiary/aromatic N) is 1. The van der Waals surface area contributed by atoms with Crippen LogP contribution in [-0.4, -0.2) is 5.97 Å². The predicted molar refractivity (Wildman–Crippen MR) is 142 cm³/mol. The van der Waals surface area contributed by atoms with Crippen molar-refractivity contribution in [3.8, 4) is 5.75 Å². The van der Waals surface area contributed by atoms with Crippen LogP contribution in [0.4, 0.5) is 17.1 Å². The summed E-state index contributed by atoms with van der Waals surface area (Å²) in [5.74, 6) is 0.0303. The number of ether oxygens (including phenoxy) is 1. The van der Waals surface area contributed by atoms with Gasteiger partial charge >= 0.3 is 5.97 Å². The summed E-state index contributed by atoms with van der Waals surface area (Å²) in [5.41, 5.74) is 7.61. The van der Waals surface area contributed by atoms with Crippen molar-refractivity contribution in [2.24, 2.45) is 0 Å². The van der Waals surface area contributed by atoms with Crippen LogP contribution in [0.25, 0.3) is 12.2 Å². The number of rotatable bonds is 7. The lowest BCUT2D eigenvalue weighted by Gasteiger charge is -2.25. The maximum atomic E-state index is 11.6. The van der Waals surface area contributed by atoms with Crippen molar-refractivity contribution in [2.75, 3.05) is 4.90 Å². The second kappa shape index (κ2) is 10.5. The molecule has 168 valence electrons. The number of hydrogen-bond donors (Lipinski definition) is 0. The molecule has 0 saturated carbocycles. The molecular formula is C31H27NO2. The standard InChI is InChI=1S/C31H27NO2/c1-4-31(33)34-30-8-6-5-7-26(30)16-13-25-14-21-29(22-15-25)32(27-17-9-23(2)10-18-27)28-19-11-24(3)12-20-28/h4-22H,1H2,2-3H3/b16-13+. The van der Waals surface area contributed by atoms with E-state index in [2.05, 4.69) is 98.1 Å². The third-order valence-electron chi connectivity index (χ3n) is 5.49. The van der Waals surface area contributed by atoms with E-state index in [-0.39, 0.29) is 0 Å². The van der Waals surface area contributed by atoms with E-state index < -0.39 is 5.97 Å². The van der Waals surface area contributed by atoms with Gasteiger partial charge in [-0.05, 0) is 61.9 Å². The lowest BCUT2D eigenvalue weighted by Crippen LogP contribution is -2.09. The number of carbonyl (C=O) groups excluding carboxylic acids is 1. The van der Waals surface area contributed by atoms with Gasteiger partial charge < -0.3 is 9.64 Å². The zero-order valence-electron chi connectivity index (χ0n) is 19.4. The Morgan fingerprint density at radius 2 is 1.21 bits per heavy atom. The van der Waals surface area contributed by atoms with Crippen LogP contribution in [0.2, 0.25) is 0 Å². The molecule has 4 aromatic carbocycles. The molecule has 0 fully saturated rings. The van der Waals surface area contributed by atoms with Crippen molar-refractivity contribution in [1.29, 1.82) is 0 Å². The Hall–Kier alpha value is -4.37. The first kappa shape index (κ1) is 22.8. The molecule has 4 rings (SSSR count). The quantitative estimate of drug-likeness (QED) is 0.125. The average Bonchev–Trinajstić information content (AvgIpc) is 2.86. The second-order valence-electron chi connectivity index (χ2n) is 8.09. The molecule has 0 amide bonds. The highest BCUT2D eigenvalue weighted by Gasteiger charge is 2.12. The number of anilines is 3. The van der Waals surface area contributed by atoms with Gasteiger partial charge in [-0.15, -0.1) is 0 Å². The normalized spacial score (nSPS) is 10.8. The summed E-state index contributed by atoms with van der Waals surface area (Å²) < 4.78 is 5.33. The molecule has 3 nitrogen and oxygen atoms in total. The Morgan fingerprint density at radius 1 is 0.706 bits per heavy atom. The molecule has 0 aromatic heterocycles. The minimum atomic E-state index is -0.475. The van der Waals surface area contributed by atoms with Gasteiger partial charge in [-0.1, -0.05) is 84.5 Å². The first-order chi connectivity index (χ1) is 16.5. The monoisotopic (exact) mass is 445 g/mol. The Labute approximate surface area is 201 Å². The predicted octanol–water partition coefficient (Wildman–Crippen LogP) is 8.04. The van der Waals surface area contributed by atoms with E-state index >= 15 is 0 Å². The number of carbonyl (C=O) groups is 1. The Morgan fingerprint density at radius 3 is 1.74 bits per heavy atom. The largest absolute Gasteiger partial charge is 0.423 e. The molecule has 0 radical (unpaired) electrons. The van der Waals surface area contributed by atoms with Crippen LogP contribution >= 0.6 is 0 Å². The molecular weight excluding hydrogens is 418 g/mol. The van der Waals surface area contributed by atoms with Crippen molar-refractivity contribution >= 4 is 35.2 Å². The number of esters is 1. The molecule has 0 saturated heterocycles. The van der Waals surface area contributed by atoms with Crippen LogP contribution in [0.1, 0.15) is 22.3 Å². The van der Waals surface area contributed by atoms with Gasteiger partial charge in [0.25, 0.3) is 0 Å². The minimum absolute atomic E-state index is 0.475. The van der Waals surface area contributed by atoms with Crippen LogP contribution in [-0.2, 0) is 4.79 Å². The summed E-state index contributed by atoms with van der Waals surface area (Å²) in [6.07, 6.45) is 5.11. The molecule has 3 heteroatoms. The van der Waals surface area contributed by atoms with Gasteiger partial charge in [-0.3, -0.25) is 0 Å². The molecule has 0 aliphatic heterocycles. The molecule has 0 N–H and O–H groups in total. The Bertz CT molecular complexity index is 1260. The van der Waals surface area contributed by atoms with Crippen LogP contribution in [0.15, 0.2) is 110 Å². The van der Waals surface area contributed by atoms with Crippen LogP contribution in [0.5, 0.6) is 5.75 Å². The van der Waals surface area contributed by atoms with E-state index in [4.69, 9.17) is 4.74 Å². The van der Waals surface area contributed by atoms with Crippen LogP contribution in [0.3, 0.4) is 0 Å². The van der Waals surface area contributed by atoms with Gasteiger partial charge in [0.1, 0.15) is 5.75 Å².